The number of carbonyl (C=O) groups is 1. The zero-order chi connectivity index (χ0) is 18.4. The fourth-order valence-corrected chi connectivity index (χ4v) is 3.73. The molecule has 0 heterocycles. The molecular formula is C19H20N2O3S. The molecule has 0 spiro atoms. The van der Waals surface area contributed by atoms with Gasteiger partial charge < -0.3 is 4.90 Å². The molecule has 0 unspecified atom stereocenters. The minimum Gasteiger partial charge on any atom is -0.341 e. The minimum absolute atomic E-state index is 0.219. The van der Waals surface area contributed by atoms with Crippen LogP contribution in [0.1, 0.15) is 22.3 Å². The number of aryl methyl sites for hydroxylation is 1. The van der Waals surface area contributed by atoms with Crippen LogP contribution in [-0.4, -0.2) is 32.0 Å². The molecule has 0 radical (unpaired) electrons. The Morgan fingerprint density at radius 2 is 1.60 bits per heavy atom. The highest BCUT2D eigenvalue weighted by atomic mass is 32.2. The number of rotatable bonds is 6. The van der Waals surface area contributed by atoms with Gasteiger partial charge in [-0.15, -0.1) is 0 Å². The van der Waals surface area contributed by atoms with Crippen molar-refractivity contribution >= 4 is 15.7 Å². The zero-order valence-corrected chi connectivity index (χ0v) is 15.1. The van der Waals surface area contributed by atoms with Crippen LogP contribution < -0.4 is 0 Å². The summed E-state index contributed by atoms with van der Waals surface area (Å²) in [6.45, 7) is 2.35. The van der Waals surface area contributed by atoms with Crippen LogP contribution in [0.5, 0.6) is 0 Å². The van der Waals surface area contributed by atoms with Crippen LogP contribution in [0.4, 0.5) is 0 Å². The van der Waals surface area contributed by atoms with Gasteiger partial charge in [-0.25, -0.2) is 8.42 Å². The summed E-state index contributed by atoms with van der Waals surface area (Å²) in [6.07, 6.45) is 0. The van der Waals surface area contributed by atoms with Gasteiger partial charge in [0.25, 0.3) is 0 Å². The molecule has 25 heavy (non-hydrogen) atoms. The summed E-state index contributed by atoms with van der Waals surface area (Å²) in [7, 11) is -1.97. The maximum absolute atomic E-state index is 12.3. The summed E-state index contributed by atoms with van der Waals surface area (Å²) in [5.41, 5.74) is 3.11. The third-order valence-electron chi connectivity index (χ3n) is 3.78. The third-order valence-corrected chi connectivity index (χ3v) is 5.24. The molecule has 0 saturated carbocycles. The smallest absolute Gasteiger partial charge is 0.237 e. The van der Waals surface area contributed by atoms with Crippen molar-refractivity contribution in [3.8, 4) is 6.07 Å². The first-order chi connectivity index (χ1) is 11.8. The Kier molecular flexibility index (Phi) is 5.94. The molecule has 0 aromatic heterocycles. The summed E-state index contributed by atoms with van der Waals surface area (Å²) in [4.78, 5) is 13.6. The Morgan fingerprint density at radius 3 is 2.16 bits per heavy atom. The molecule has 0 fully saturated rings. The first kappa shape index (κ1) is 18.7. The Morgan fingerprint density at radius 1 is 1.04 bits per heavy atom. The van der Waals surface area contributed by atoms with Gasteiger partial charge >= 0.3 is 0 Å². The highest BCUT2D eigenvalue weighted by Gasteiger charge is 2.20. The number of hydrogen-bond donors (Lipinski definition) is 0. The highest BCUT2D eigenvalue weighted by Crippen LogP contribution is 2.11. The predicted octanol–water partition coefficient (Wildman–Crippen LogP) is 2.44. The van der Waals surface area contributed by atoms with Gasteiger partial charge in [0.15, 0.2) is 9.84 Å². The van der Waals surface area contributed by atoms with Crippen LogP contribution in [0, 0.1) is 18.3 Å². The minimum atomic E-state index is -3.57. The van der Waals surface area contributed by atoms with Crippen LogP contribution in [-0.2, 0) is 26.9 Å². The molecule has 0 aliphatic carbocycles. The van der Waals surface area contributed by atoms with Crippen molar-refractivity contribution < 1.29 is 13.2 Å². The second kappa shape index (κ2) is 7.95. The van der Waals surface area contributed by atoms with Gasteiger partial charge in [-0.2, -0.15) is 5.26 Å². The molecule has 0 saturated heterocycles. The van der Waals surface area contributed by atoms with Gasteiger partial charge in [-0.1, -0.05) is 42.0 Å². The standard InChI is InChI=1S/C19H20N2O3S/c1-15-3-5-17(6-4-15)12-21(2)19(22)14-25(23,24)13-18-9-7-16(11-20)8-10-18/h3-10H,12-14H2,1-2H3. The van der Waals surface area contributed by atoms with E-state index in [4.69, 9.17) is 5.26 Å². The van der Waals surface area contributed by atoms with Gasteiger partial charge in [0.05, 0.1) is 17.4 Å². The first-order valence-electron chi connectivity index (χ1n) is 7.78. The molecule has 0 bridgehead atoms. The van der Waals surface area contributed by atoms with E-state index in [1.54, 1.807) is 31.3 Å². The fourth-order valence-electron chi connectivity index (χ4n) is 2.33. The molecule has 0 N–H and O–H groups in total. The molecule has 0 atom stereocenters. The van der Waals surface area contributed by atoms with Crippen molar-refractivity contribution in [3.05, 3.63) is 70.8 Å². The van der Waals surface area contributed by atoms with Crippen LogP contribution in [0.3, 0.4) is 0 Å². The molecule has 0 aliphatic rings. The van der Waals surface area contributed by atoms with E-state index in [9.17, 15) is 13.2 Å². The summed E-state index contributed by atoms with van der Waals surface area (Å²) in [6, 6.07) is 16.0. The predicted molar refractivity (Wildman–Crippen MR) is 96.3 cm³/mol. The fraction of sp³-hybridized carbons (Fsp3) is 0.263. The molecule has 2 aromatic rings. The lowest BCUT2D eigenvalue weighted by Crippen LogP contribution is -2.32. The molecular weight excluding hydrogens is 336 g/mol. The van der Waals surface area contributed by atoms with Crippen LogP contribution >= 0.6 is 0 Å². The lowest BCUT2D eigenvalue weighted by Gasteiger charge is -2.17. The molecule has 130 valence electrons. The van der Waals surface area contributed by atoms with E-state index in [0.29, 0.717) is 17.7 Å². The normalized spacial score (nSPS) is 10.9. The number of amides is 1. The Labute approximate surface area is 148 Å². The summed E-state index contributed by atoms with van der Waals surface area (Å²) >= 11 is 0. The van der Waals surface area contributed by atoms with Crippen molar-refractivity contribution in [2.24, 2.45) is 0 Å². The molecule has 5 nitrogen and oxygen atoms in total. The van der Waals surface area contributed by atoms with Crippen LogP contribution in [0.2, 0.25) is 0 Å². The highest BCUT2D eigenvalue weighted by molar-refractivity contribution is 7.91. The number of sulfone groups is 1. The van der Waals surface area contributed by atoms with Crippen molar-refractivity contribution in [2.45, 2.75) is 19.2 Å². The Bertz CT molecular complexity index is 880. The van der Waals surface area contributed by atoms with Gasteiger partial charge in [0.1, 0.15) is 5.75 Å². The Hall–Kier alpha value is -2.65. The van der Waals surface area contributed by atoms with Crippen molar-refractivity contribution in [3.63, 3.8) is 0 Å². The molecule has 1 amide bonds. The lowest BCUT2D eigenvalue weighted by molar-refractivity contribution is -0.127. The van der Waals surface area contributed by atoms with Gasteiger partial charge in [0, 0.05) is 13.6 Å². The van der Waals surface area contributed by atoms with E-state index >= 15 is 0 Å². The number of carbonyl (C=O) groups excluding carboxylic acids is 1. The van der Waals surface area contributed by atoms with Gasteiger partial charge in [-0.3, -0.25) is 4.79 Å². The second-order valence-corrected chi connectivity index (χ2v) is 8.14. The molecule has 2 rings (SSSR count). The monoisotopic (exact) mass is 356 g/mol. The topological polar surface area (TPSA) is 78.2 Å². The van der Waals surface area contributed by atoms with Crippen molar-refractivity contribution in [1.82, 2.24) is 4.90 Å². The summed E-state index contributed by atoms with van der Waals surface area (Å²) in [5, 5.41) is 8.76. The number of nitriles is 1. The maximum Gasteiger partial charge on any atom is 0.237 e. The number of nitrogens with zero attached hydrogens (tertiary/aromatic N) is 2. The van der Waals surface area contributed by atoms with Crippen LogP contribution in [0.15, 0.2) is 48.5 Å². The summed E-state index contributed by atoms with van der Waals surface area (Å²) in [5.74, 6) is -1.19. The first-order valence-corrected chi connectivity index (χ1v) is 9.60. The zero-order valence-electron chi connectivity index (χ0n) is 14.3. The van der Waals surface area contributed by atoms with Crippen LogP contribution in [0.25, 0.3) is 0 Å². The van der Waals surface area contributed by atoms with Crippen molar-refractivity contribution in [2.75, 3.05) is 12.8 Å². The van der Waals surface area contributed by atoms with E-state index in [1.165, 1.54) is 4.90 Å². The van der Waals surface area contributed by atoms with E-state index in [0.717, 1.165) is 11.1 Å². The van der Waals surface area contributed by atoms with E-state index in [1.807, 2.05) is 37.3 Å². The SMILES string of the molecule is Cc1ccc(CN(C)C(=O)CS(=O)(=O)Cc2ccc(C#N)cc2)cc1. The average Bonchev–Trinajstić information content (AvgIpc) is 2.56. The van der Waals surface area contributed by atoms with Gasteiger partial charge in [0.2, 0.25) is 5.91 Å². The summed E-state index contributed by atoms with van der Waals surface area (Å²) < 4.78 is 24.5. The van der Waals surface area contributed by atoms with Gasteiger partial charge in [-0.05, 0) is 30.2 Å². The average molecular weight is 356 g/mol. The van der Waals surface area contributed by atoms with E-state index in [-0.39, 0.29) is 5.75 Å². The molecule has 6 heteroatoms. The maximum atomic E-state index is 12.3. The number of benzene rings is 2. The third kappa shape index (κ3) is 5.73. The lowest BCUT2D eigenvalue weighted by atomic mass is 10.1. The van der Waals surface area contributed by atoms with Crippen molar-refractivity contribution in [1.29, 1.82) is 5.26 Å². The van der Waals surface area contributed by atoms with E-state index < -0.39 is 21.5 Å². The second-order valence-electron chi connectivity index (χ2n) is 6.08. The Balaban J connectivity index is 1.97. The molecule has 2 aromatic carbocycles. The van der Waals surface area contributed by atoms with E-state index in [2.05, 4.69) is 0 Å². The number of hydrogen-bond acceptors (Lipinski definition) is 4. The molecule has 0 aliphatic heterocycles. The largest absolute Gasteiger partial charge is 0.341 e. The quantitative estimate of drug-likeness (QED) is 0.796.